The molecule has 6 aliphatic heterocycles. The van der Waals surface area contributed by atoms with Gasteiger partial charge in [-0.3, -0.25) is 14.8 Å². The quantitative estimate of drug-likeness (QED) is 0.0434. The maximum Gasteiger partial charge on any atom is 0.178 e. The number of quaternary nitrogens is 2. The van der Waals surface area contributed by atoms with E-state index in [0.717, 1.165) is 94.0 Å². The number of ether oxygens (including phenoxy) is 2. The molecule has 4 aromatic carbocycles. The van der Waals surface area contributed by atoms with Crippen molar-refractivity contribution in [1.29, 1.82) is 0 Å². The Labute approximate surface area is 415 Å². The molecule has 0 amide bonds. The minimum absolute atomic E-state index is 0.0442. The molecule has 2 aromatic heterocycles. The topological polar surface area (TPSA) is 61.3 Å². The van der Waals surface area contributed by atoms with E-state index in [9.17, 15) is 4.79 Å². The van der Waals surface area contributed by atoms with Gasteiger partial charge in [-0.1, -0.05) is 121 Å². The first-order chi connectivity index (χ1) is 34.3. The molecule has 7 nitrogen and oxygen atoms in total. The van der Waals surface area contributed by atoms with Crippen molar-refractivity contribution in [3.05, 3.63) is 218 Å². The molecule has 70 heavy (non-hydrogen) atoms. The maximum absolute atomic E-state index is 13.2. The van der Waals surface area contributed by atoms with Crippen molar-refractivity contribution in [3.63, 3.8) is 0 Å². The predicted octanol–water partition coefficient (Wildman–Crippen LogP) is 12.8. The van der Waals surface area contributed by atoms with Crippen LogP contribution in [-0.2, 0) is 27.4 Å². The number of carbonyl (C=O) groups excluding carboxylic acids is 1. The van der Waals surface area contributed by atoms with E-state index in [1.54, 1.807) is 12.2 Å². The summed E-state index contributed by atoms with van der Waals surface area (Å²) in [5.74, 6) is 2.12. The third kappa shape index (κ3) is 9.61. The molecule has 0 spiro atoms. The number of aromatic nitrogens is 2. The zero-order valence-electron chi connectivity index (χ0n) is 40.6. The van der Waals surface area contributed by atoms with Gasteiger partial charge in [0.15, 0.2) is 5.78 Å². The summed E-state index contributed by atoms with van der Waals surface area (Å²) in [6.07, 6.45) is 23.5. The van der Waals surface area contributed by atoms with Gasteiger partial charge >= 0.3 is 0 Å². The zero-order chi connectivity index (χ0) is 48.1. The van der Waals surface area contributed by atoms with Crippen LogP contribution in [-0.4, -0.2) is 76.2 Å². The summed E-state index contributed by atoms with van der Waals surface area (Å²) in [6, 6.07) is 39.2. The minimum Gasteiger partial charge on any atom is -0.363 e. The van der Waals surface area contributed by atoms with Gasteiger partial charge in [-0.05, 0) is 70.5 Å². The highest BCUT2D eigenvalue weighted by Gasteiger charge is 2.56. The second-order valence-corrected chi connectivity index (χ2v) is 20.5. The Kier molecular flexibility index (Phi) is 14.2. The number of benzene rings is 4. The highest BCUT2D eigenvalue weighted by atomic mass is 16.5. The Hall–Kier alpha value is -6.35. The first-order valence-electron chi connectivity index (χ1n) is 25.5. The second kappa shape index (κ2) is 20.9. The SMILES string of the molecule is C=CCO[C@@H](c1ccnc2ccccc12)[C@H]1CC2CC[N+]1(Cc1ccc(/C=C/C(=O)/C=C/c3ccc(C[N+]45CCC(C[C@@H]4[C@@H](OCC=C)c4ccnc6ccccc46)[C@@H](C=C)C5)cc3)cc1)C[C@@H]2C=C. The lowest BCUT2D eigenvalue weighted by Crippen LogP contribution is -2.67. The molecule has 6 aliphatic rings. The summed E-state index contributed by atoms with van der Waals surface area (Å²) in [6.45, 7) is 23.7. The summed E-state index contributed by atoms with van der Waals surface area (Å²) in [5, 5.41) is 2.31. The summed E-state index contributed by atoms with van der Waals surface area (Å²) in [5.41, 5.74) is 8.99. The third-order valence-electron chi connectivity index (χ3n) is 16.7. The van der Waals surface area contributed by atoms with E-state index in [-0.39, 0.29) is 30.1 Å². The number of nitrogens with zero attached hydrogens (tertiary/aromatic N) is 4. The number of ketones is 1. The Bertz CT molecular complexity index is 2720. The molecular formula is C63H68N4O3+2. The predicted molar refractivity (Wildman–Crippen MR) is 285 cm³/mol. The molecule has 8 heterocycles. The molecule has 356 valence electrons. The summed E-state index contributed by atoms with van der Waals surface area (Å²) < 4.78 is 15.5. The minimum atomic E-state index is -0.0891. The van der Waals surface area contributed by atoms with E-state index >= 15 is 0 Å². The van der Waals surface area contributed by atoms with Gasteiger partial charge in [-0.2, -0.15) is 0 Å². The molecule has 4 bridgehead atoms. The molecule has 6 saturated heterocycles. The van der Waals surface area contributed by atoms with Crippen LogP contribution in [0, 0.1) is 23.7 Å². The molecule has 12 rings (SSSR count). The number of pyridine rings is 2. The molecule has 0 radical (unpaired) electrons. The van der Waals surface area contributed by atoms with Gasteiger partial charge in [0.25, 0.3) is 0 Å². The molecule has 6 aromatic rings. The zero-order valence-corrected chi connectivity index (χ0v) is 40.6. The third-order valence-corrected chi connectivity index (χ3v) is 16.7. The second-order valence-electron chi connectivity index (χ2n) is 20.5. The fraction of sp³-hybridized carbons (Fsp3) is 0.317. The fourth-order valence-corrected chi connectivity index (χ4v) is 13.2. The van der Waals surface area contributed by atoms with Crippen LogP contribution < -0.4 is 0 Å². The van der Waals surface area contributed by atoms with Crippen molar-refractivity contribution in [2.24, 2.45) is 23.7 Å². The number of fused-ring (bicyclic) bond motifs is 8. The van der Waals surface area contributed by atoms with Crippen LogP contribution in [0.3, 0.4) is 0 Å². The Morgan fingerprint density at radius 3 is 1.43 bits per heavy atom. The summed E-state index contributed by atoms with van der Waals surface area (Å²) >= 11 is 0. The van der Waals surface area contributed by atoms with Crippen molar-refractivity contribution in [2.45, 2.75) is 63.1 Å². The summed E-state index contributed by atoms with van der Waals surface area (Å²) in [7, 11) is 0. The number of para-hydroxylation sites is 2. The van der Waals surface area contributed by atoms with Gasteiger partial charge < -0.3 is 18.4 Å². The van der Waals surface area contributed by atoms with E-state index in [4.69, 9.17) is 9.47 Å². The van der Waals surface area contributed by atoms with Crippen LogP contribution in [0.15, 0.2) is 184 Å². The number of hydrogen-bond donors (Lipinski definition) is 0. The molecule has 4 unspecified atom stereocenters. The Balaban J connectivity index is 0.816. The molecule has 6 fully saturated rings. The highest BCUT2D eigenvalue weighted by molar-refractivity contribution is 6.04. The van der Waals surface area contributed by atoms with E-state index in [1.165, 1.54) is 35.1 Å². The van der Waals surface area contributed by atoms with Gasteiger partial charge in [0.2, 0.25) is 0 Å². The molecule has 0 N–H and O–H groups in total. The lowest BCUT2D eigenvalue weighted by atomic mass is 9.71. The Morgan fingerprint density at radius 1 is 0.586 bits per heavy atom. The number of piperidine rings is 6. The lowest BCUT2D eigenvalue weighted by molar-refractivity contribution is -0.985. The highest BCUT2D eigenvalue weighted by Crippen LogP contribution is 2.51. The largest absolute Gasteiger partial charge is 0.363 e. The van der Waals surface area contributed by atoms with Crippen molar-refractivity contribution in [2.75, 3.05) is 39.4 Å². The first kappa shape index (κ1) is 47.3. The van der Waals surface area contributed by atoms with Crippen molar-refractivity contribution >= 4 is 39.7 Å². The van der Waals surface area contributed by atoms with Crippen LogP contribution in [0.5, 0.6) is 0 Å². The first-order valence-corrected chi connectivity index (χ1v) is 25.5. The smallest absolute Gasteiger partial charge is 0.178 e. The fourth-order valence-electron chi connectivity index (χ4n) is 13.2. The van der Waals surface area contributed by atoms with Crippen LogP contribution in [0.2, 0.25) is 0 Å². The van der Waals surface area contributed by atoms with Crippen molar-refractivity contribution in [1.82, 2.24) is 9.97 Å². The van der Waals surface area contributed by atoms with Crippen LogP contribution in [0.4, 0.5) is 0 Å². The average Bonchev–Trinajstić information content (AvgIpc) is 3.41. The van der Waals surface area contributed by atoms with Gasteiger partial charge in [0.1, 0.15) is 37.4 Å². The van der Waals surface area contributed by atoms with Crippen molar-refractivity contribution < 1.29 is 23.2 Å². The van der Waals surface area contributed by atoms with E-state index in [1.807, 2.05) is 36.7 Å². The normalized spacial score (nSPS) is 26.9. The van der Waals surface area contributed by atoms with Crippen LogP contribution in [0.1, 0.15) is 71.3 Å². The monoisotopic (exact) mass is 929 g/mol. The average molecular weight is 929 g/mol. The van der Waals surface area contributed by atoms with Crippen LogP contribution in [0.25, 0.3) is 34.0 Å². The number of hydrogen-bond acceptors (Lipinski definition) is 5. The van der Waals surface area contributed by atoms with Gasteiger partial charge in [0, 0.05) is 71.8 Å². The molecule has 0 saturated carbocycles. The van der Waals surface area contributed by atoms with Gasteiger partial charge in [0.05, 0.1) is 50.4 Å². The van der Waals surface area contributed by atoms with Gasteiger partial charge in [-0.25, -0.2) is 0 Å². The van der Waals surface area contributed by atoms with E-state index in [0.29, 0.717) is 36.9 Å². The van der Waals surface area contributed by atoms with Gasteiger partial charge in [-0.15, -0.1) is 26.3 Å². The molecule has 7 heteroatoms. The molecule has 10 atom stereocenters. The lowest BCUT2D eigenvalue weighted by Gasteiger charge is -2.58. The molecule has 0 aliphatic carbocycles. The Morgan fingerprint density at radius 2 is 1.01 bits per heavy atom. The van der Waals surface area contributed by atoms with Crippen LogP contribution >= 0.6 is 0 Å². The van der Waals surface area contributed by atoms with E-state index < -0.39 is 0 Å². The summed E-state index contributed by atoms with van der Waals surface area (Å²) in [4.78, 5) is 22.6. The van der Waals surface area contributed by atoms with E-state index in [2.05, 4.69) is 158 Å². The standard InChI is InChI=1S/C63H68N4O3/c1-5-37-69-62(56-29-33-64-58-15-11-9-13-54(56)58)60-39-51-31-35-66(60,43-49(51)7-3)41-47-21-17-45(18-22-47)25-27-53(68)28-26-46-19-23-48(24-20-46)42-67-36-32-52(50(8-4)44-67)40-61(67)63(70-38-6-2)57-30-34-65-59-16-12-10-14-55(57)59/h5-30,33-34,49-52,60-63H,1-4,31-32,35-44H2/q+2/b27-25+,28-26+/t49-,50-,51?,52?,60+,61+,62-,63-,66?,67?/m0/s1. The number of allylic oxidation sites excluding steroid dienone is 2. The van der Waals surface area contributed by atoms with Crippen molar-refractivity contribution in [3.8, 4) is 0 Å². The number of rotatable bonds is 20. The number of carbonyl (C=O) groups is 1. The maximum atomic E-state index is 13.2. The molecular weight excluding hydrogens is 861 g/mol.